The zero-order valence-corrected chi connectivity index (χ0v) is 24.0. The zero-order valence-electron chi connectivity index (χ0n) is 20.8. The van der Waals surface area contributed by atoms with Crippen LogP contribution in [-0.4, -0.2) is 49.1 Å². The third kappa shape index (κ3) is 6.93. The van der Waals surface area contributed by atoms with Gasteiger partial charge in [0.1, 0.15) is 0 Å². The number of aryl methyl sites for hydroxylation is 4. The number of H-pyrrole nitrogens is 2. The topological polar surface area (TPSA) is 185 Å². The van der Waals surface area contributed by atoms with Gasteiger partial charge in [0.15, 0.2) is 0 Å². The van der Waals surface area contributed by atoms with E-state index in [0.29, 0.717) is 22.1 Å². The standard InChI is InChI=1S/C13H14N2O3.C11H10N2O3.K.H2O/c1-4-18-13(17)11-12(16)15-10-6-8(3)7(2)5-9(10)14-11;1-5-3-7-8(4-6(5)2)13-10(14)9(12-7)11(15)16;;/h5-6H,4H2,1-3H3,(H,15,16);3-4H,1-2H3,(H,13,14)(H,15,16);;1H2/q;;+1;/p-1. The second-order valence-corrected chi connectivity index (χ2v) is 7.76. The van der Waals surface area contributed by atoms with E-state index in [-0.39, 0.29) is 69.2 Å². The molecule has 0 spiro atoms. The molecule has 0 fully saturated rings. The number of carboxylic acids is 1. The molecule has 0 aliphatic carbocycles. The molecule has 12 heteroatoms. The van der Waals surface area contributed by atoms with Crippen LogP contribution in [0.5, 0.6) is 0 Å². The number of rotatable bonds is 3. The van der Waals surface area contributed by atoms with Crippen LogP contribution in [0.1, 0.15) is 50.2 Å². The molecule has 11 nitrogen and oxygen atoms in total. The van der Waals surface area contributed by atoms with Gasteiger partial charge in [-0.1, -0.05) is 0 Å². The molecule has 0 unspecified atom stereocenters. The van der Waals surface area contributed by atoms with E-state index < -0.39 is 28.8 Å². The molecule has 0 saturated heterocycles. The van der Waals surface area contributed by atoms with Crippen molar-refractivity contribution >= 4 is 34.0 Å². The maximum atomic E-state index is 11.7. The summed E-state index contributed by atoms with van der Waals surface area (Å²) in [6.07, 6.45) is 0. The van der Waals surface area contributed by atoms with Gasteiger partial charge in [-0.15, -0.1) is 0 Å². The molecule has 2 heterocycles. The van der Waals surface area contributed by atoms with E-state index in [1.807, 2.05) is 39.8 Å². The minimum absolute atomic E-state index is 0. The molecule has 2 aromatic carbocycles. The number of carboxylic acid groups (broad SMARTS) is 1. The van der Waals surface area contributed by atoms with Crippen molar-refractivity contribution in [2.75, 3.05) is 6.61 Å². The molecule has 184 valence electrons. The Bertz CT molecular complexity index is 1560. The van der Waals surface area contributed by atoms with Gasteiger partial charge in [0.25, 0.3) is 11.1 Å². The Kier molecular flexibility index (Phi) is 11.3. The van der Waals surface area contributed by atoms with Crippen LogP contribution in [-0.2, 0) is 4.74 Å². The molecule has 0 radical (unpaired) electrons. The molecule has 0 amide bonds. The largest absolute Gasteiger partial charge is 1.00 e. The summed E-state index contributed by atoms with van der Waals surface area (Å²) in [6.45, 7) is 9.61. The second-order valence-electron chi connectivity index (χ2n) is 7.76. The minimum Gasteiger partial charge on any atom is -0.870 e. The summed E-state index contributed by atoms with van der Waals surface area (Å²) in [5, 5.41) is 8.77. The Morgan fingerprint density at radius 1 is 0.806 bits per heavy atom. The van der Waals surface area contributed by atoms with Crippen molar-refractivity contribution in [3.05, 3.63) is 78.6 Å². The van der Waals surface area contributed by atoms with Gasteiger partial charge in [-0.25, -0.2) is 19.6 Å². The molecule has 2 aromatic heterocycles. The molecule has 0 saturated carbocycles. The Hall–Kier alpha value is -2.74. The smallest absolute Gasteiger partial charge is 0.870 e. The summed E-state index contributed by atoms with van der Waals surface area (Å²) in [4.78, 5) is 58.5. The van der Waals surface area contributed by atoms with Crippen molar-refractivity contribution in [3.8, 4) is 0 Å². The van der Waals surface area contributed by atoms with Gasteiger partial charge < -0.3 is 25.3 Å². The van der Waals surface area contributed by atoms with Crippen LogP contribution in [0.25, 0.3) is 22.1 Å². The summed E-state index contributed by atoms with van der Waals surface area (Å²) < 4.78 is 4.79. The normalized spacial score (nSPS) is 10.0. The number of aromatic nitrogens is 4. The van der Waals surface area contributed by atoms with Crippen molar-refractivity contribution in [3.63, 3.8) is 0 Å². The monoisotopic (exact) mass is 520 g/mol. The maximum Gasteiger partial charge on any atom is 1.00 e. The number of fused-ring (bicyclic) bond motifs is 2. The average molecular weight is 521 g/mol. The number of nitrogens with one attached hydrogen (secondary N) is 2. The van der Waals surface area contributed by atoms with Gasteiger partial charge in [0.2, 0.25) is 11.4 Å². The summed E-state index contributed by atoms with van der Waals surface area (Å²) >= 11 is 0. The number of hydrogen-bond donors (Lipinski definition) is 3. The van der Waals surface area contributed by atoms with E-state index >= 15 is 0 Å². The first-order valence-electron chi connectivity index (χ1n) is 10.4. The van der Waals surface area contributed by atoms with E-state index in [2.05, 4.69) is 19.9 Å². The molecular formula is C24H25KN4O7. The molecular weight excluding hydrogens is 495 g/mol. The van der Waals surface area contributed by atoms with Crippen molar-refractivity contribution < 1.29 is 76.3 Å². The molecule has 0 bridgehead atoms. The fraction of sp³-hybridized carbons (Fsp3) is 0.250. The summed E-state index contributed by atoms with van der Waals surface area (Å²) in [7, 11) is 0. The Morgan fingerprint density at radius 2 is 1.19 bits per heavy atom. The fourth-order valence-electron chi connectivity index (χ4n) is 3.18. The number of ether oxygens (including phenoxy) is 1. The fourth-order valence-corrected chi connectivity index (χ4v) is 3.18. The van der Waals surface area contributed by atoms with E-state index in [4.69, 9.17) is 9.84 Å². The van der Waals surface area contributed by atoms with E-state index in [9.17, 15) is 19.2 Å². The van der Waals surface area contributed by atoms with Gasteiger partial charge in [-0.05, 0) is 81.1 Å². The molecule has 4 rings (SSSR count). The summed E-state index contributed by atoms with van der Waals surface area (Å²) in [6, 6.07) is 7.22. The van der Waals surface area contributed by atoms with Gasteiger partial charge in [0.05, 0.1) is 28.7 Å². The van der Waals surface area contributed by atoms with Gasteiger partial charge >= 0.3 is 63.3 Å². The first-order valence-corrected chi connectivity index (χ1v) is 10.4. The Balaban J connectivity index is 0.000000343. The van der Waals surface area contributed by atoms with Crippen LogP contribution in [0.4, 0.5) is 0 Å². The third-order valence-corrected chi connectivity index (χ3v) is 5.29. The molecule has 0 atom stereocenters. The number of aromatic amines is 2. The van der Waals surface area contributed by atoms with Crippen LogP contribution in [0.3, 0.4) is 0 Å². The van der Waals surface area contributed by atoms with Crippen LogP contribution >= 0.6 is 0 Å². The maximum absolute atomic E-state index is 11.7. The van der Waals surface area contributed by atoms with Crippen molar-refractivity contribution in [1.29, 1.82) is 0 Å². The summed E-state index contributed by atoms with van der Waals surface area (Å²) in [5.41, 5.74) is 4.50. The van der Waals surface area contributed by atoms with Crippen molar-refractivity contribution in [2.24, 2.45) is 0 Å². The number of nitrogens with zero attached hydrogens (tertiary/aromatic N) is 2. The molecule has 4 aromatic rings. The van der Waals surface area contributed by atoms with Crippen LogP contribution in [0.15, 0.2) is 33.9 Å². The van der Waals surface area contributed by atoms with Crippen LogP contribution in [0, 0.1) is 27.7 Å². The number of esters is 1. The van der Waals surface area contributed by atoms with Crippen LogP contribution < -0.4 is 62.5 Å². The number of hydrogen-bond acceptors (Lipinski definition) is 8. The first-order chi connectivity index (χ1) is 16.0. The first kappa shape index (κ1) is 31.3. The van der Waals surface area contributed by atoms with Crippen LogP contribution in [0.2, 0.25) is 0 Å². The van der Waals surface area contributed by atoms with Gasteiger partial charge in [0, 0.05) is 0 Å². The number of benzene rings is 2. The van der Waals surface area contributed by atoms with E-state index in [1.165, 1.54) is 0 Å². The number of carbonyl (C=O) groups excluding carboxylic acids is 1. The van der Waals surface area contributed by atoms with Gasteiger partial charge in [-0.2, -0.15) is 0 Å². The average Bonchev–Trinajstić information content (AvgIpc) is 2.76. The Labute approximate surface area is 248 Å². The van der Waals surface area contributed by atoms with Crippen molar-refractivity contribution in [2.45, 2.75) is 34.6 Å². The molecule has 0 aliphatic heterocycles. The molecule has 0 aliphatic rings. The summed E-state index contributed by atoms with van der Waals surface area (Å²) in [5.74, 6) is -2.01. The van der Waals surface area contributed by atoms with Crippen molar-refractivity contribution in [1.82, 2.24) is 19.9 Å². The number of aromatic carboxylic acids is 1. The van der Waals surface area contributed by atoms with E-state index in [1.54, 1.807) is 19.1 Å². The second kappa shape index (κ2) is 13.0. The molecule has 4 N–H and O–H groups in total. The third-order valence-electron chi connectivity index (χ3n) is 5.29. The predicted octanol–water partition coefficient (Wildman–Crippen LogP) is -0.218. The quantitative estimate of drug-likeness (QED) is 0.243. The minimum atomic E-state index is -1.32. The van der Waals surface area contributed by atoms with E-state index in [0.717, 1.165) is 22.3 Å². The zero-order chi connectivity index (χ0) is 25.2. The Morgan fingerprint density at radius 3 is 1.61 bits per heavy atom. The SMILES string of the molecule is CCOC(=O)c1nc2cc(C)c(C)cc2[nH]c1=O.Cc1cc2nc(C(=O)O)c(=O)[nH]c2cc1C.[K+].[OH-]. The van der Waals surface area contributed by atoms with Gasteiger partial charge in [-0.3, -0.25) is 9.59 Å². The predicted molar refractivity (Wildman–Crippen MR) is 129 cm³/mol. The molecule has 36 heavy (non-hydrogen) atoms. The number of carbonyl (C=O) groups is 2.